The first kappa shape index (κ1) is 13.0. The van der Waals surface area contributed by atoms with Gasteiger partial charge in [0.1, 0.15) is 0 Å². The molecule has 5 nitrogen and oxygen atoms in total. The summed E-state index contributed by atoms with van der Waals surface area (Å²) in [6, 6.07) is 2.55. The van der Waals surface area contributed by atoms with Crippen LogP contribution in [0, 0.1) is 6.92 Å². The SMILES string of the molecule is Cc1nc2sccn2c1CN1CCCC[C@H]1c1ccn[nH]1. The standard InChI is InChI=1S/C15H19N5S/c1-11-14(20-8-9-21-15(20)17-11)10-19-7-3-2-4-13(19)12-5-6-16-18-12/h5-6,8-9,13H,2-4,7,10H2,1H3,(H,16,18)/t13-/m0/s1. The molecular weight excluding hydrogens is 282 g/mol. The first-order chi connectivity index (χ1) is 10.3. The first-order valence-corrected chi connectivity index (χ1v) is 8.35. The van der Waals surface area contributed by atoms with Crippen LogP contribution in [0.5, 0.6) is 0 Å². The minimum atomic E-state index is 0.449. The molecule has 1 fully saturated rings. The van der Waals surface area contributed by atoms with Crippen LogP contribution >= 0.6 is 11.3 Å². The van der Waals surface area contributed by atoms with Crippen LogP contribution < -0.4 is 0 Å². The molecule has 0 saturated carbocycles. The summed E-state index contributed by atoms with van der Waals surface area (Å²) < 4.78 is 2.23. The second-order valence-electron chi connectivity index (χ2n) is 5.69. The van der Waals surface area contributed by atoms with Crippen LogP contribution in [-0.2, 0) is 6.54 Å². The lowest BCUT2D eigenvalue weighted by Gasteiger charge is -2.34. The molecule has 4 heterocycles. The molecule has 1 N–H and O–H groups in total. The number of nitrogens with one attached hydrogen (secondary N) is 1. The van der Waals surface area contributed by atoms with Crippen LogP contribution in [0.1, 0.15) is 42.4 Å². The molecule has 1 saturated heterocycles. The van der Waals surface area contributed by atoms with Gasteiger partial charge in [0.2, 0.25) is 0 Å². The van der Waals surface area contributed by atoms with Gasteiger partial charge >= 0.3 is 0 Å². The average molecular weight is 301 g/mol. The second kappa shape index (κ2) is 5.27. The van der Waals surface area contributed by atoms with Crippen LogP contribution in [-0.4, -0.2) is 31.0 Å². The second-order valence-corrected chi connectivity index (χ2v) is 6.57. The molecule has 1 atom stereocenters. The highest BCUT2D eigenvalue weighted by Gasteiger charge is 2.26. The number of nitrogens with zero attached hydrogens (tertiary/aromatic N) is 4. The maximum absolute atomic E-state index is 4.66. The summed E-state index contributed by atoms with van der Waals surface area (Å²) in [6.07, 6.45) is 7.75. The highest BCUT2D eigenvalue weighted by Crippen LogP contribution is 2.31. The fraction of sp³-hybridized carbons (Fsp3) is 0.467. The molecule has 0 bridgehead atoms. The molecule has 4 rings (SSSR count). The van der Waals surface area contributed by atoms with E-state index in [1.807, 2.05) is 6.20 Å². The fourth-order valence-electron chi connectivity index (χ4n) is 3.31. The molecule has 0 spiro atoms. The average Bonchev–Trinajstić information content (AvgIpc) is 3.20. The Morgan fingerprint density at radius 2 is 2.38 bits per heavy atom. The number of likely N-dealkylation sites (tertiary alicyclic amines) is 1. The van der Waals surface area contributed by atoms with Gasteiger partial charge in [0, 0.05) is 24.3 Å². The molecule has 21 heavy (non-hydrogen) atoms. The Kier molecular flexibility index (Phi) is 3.27. The molecule has 0 aliphatic carbocycles. The Bertz CT molecular complexity index is 727. The maximum Gasteiger partial charge on any atom is 0.194 e. The molecule has 110 valence electrons. The molecule has 1 aliphatic rings. The summed E-state index contributed by atoms with van der Waals surface area (Å²) in [5.41, 5.74) is 3.70. The van der Waals surface area contributed by atoms with Gasteiger partial charge in [-0.3, -0.25) is 14.4 Å². The van der Waals surface area contributed by atoms with Crippen molar-refractivity contribution in [1.29, 1.82) is 0 Å². The zero-order valence-electron chi connectivity index (χ0n) is 12.1. The van der Waals surface area contributed by atoms with Crippen molar-refractivity contribution in [2.75, 3.05) is 6.54 Å². The lowest BCUT2D eigenvalue weighted by atomic mass is 9.99. The molecule has 6 heteroatoms. The maximum atomic E-state index is 4.66. The van der Waals surface area contributed by atoms with E-state index in [2.05, 4.69) is 49.0 Å². The number of rotatable bonds is 3. The van der Waals surface area contributed by atoms with Crippen molar-refractivity contribution in [3.05, 3.63) is 40.9 Å². The minimum absolute atomic E-state index is 0.449. The van der Waals surface area contributed by atoms with Crippen molar-refractivity contribution < 1.29 is 0 Å². The van der Waals surface area contributed by atoms with Gasteiger partial charge in [-0.05, 0) is 32.4 Å². The lowest BCUT2D eigenvalue weighted by molar-refractivity contribution is 0.135. The highest BCUT2D eigenvalue weighted by atomic mass is 32.1. The minimum Gasteiger partial charge on any atom is -0.293 e. The Labute approximate surface area is 127 Å². The monoisotopic (exact) mass is 301 g/mol. The van der Waals surface area contributed by atoms with Crippen LogP contribution in [0.2, 0.25) is 0 Å². The van der Waals surface area contributed by atoms with Crippen LogP contribution in [0.4, 0.5) is 0 Å². The lowest BCUT2D eigenvalue weighted by Crippen LogP contribution is -2.33. The normalized spacial score (nSPS) is 20.3. The van der Waals surface area contributed by atoms with E-state index in [9.17, 15) is 0 Å². The first-order valence-electron chi connectivity index (χ1n) is 7.47. The van der Waals surface area contributed by atoms with Gasteiger partial charge in [-0.25, -0.2) is 4.98 Å². The van der Waals surface area contributed by atoms with Crippen molar-refractivity contribution in [2.24, 2.45) is 0 Å². The van der Waals surface area contributed by atoms with Gasteiger partial charge in [-0.1, -0.05) is 6.42 Å². The van der Waals surface area contributed by atoms with E-state index < -0.39 is 0 Å². The van der Waals surface area contributed by atoms with Crippen LogP contribution in [0.15, 0.2) is 23.8 Å². The zero-order chi connectivity index (χ0) is 14.2. The van der Waals surface area contributed by atoms with Gasteiger partial charge in [0.15, 0.2) is 4.96 Å². The number of H-pyrrole nitrogens is 1. The number of imidazole rings is 1. The summed E-state index contributed by atoms with van der Waals surface area (Å²) in [5.74, 6) is 0. The molecular formula is C15H19N5S. The molecule has 1 aliphatic heterocycles. The Hall–Kier alpha value is -1.66. The van der Waals surface area contributed by atoms with Crippen molar-refractivity contribution in [1.82, 2.24) is 24.5 Å². The largest absolute Gasteiger partial charge is 0.293 e. The van der Waals surface area contributed by atoms with E-state index >= 15 is 0 Å². The van der Waals surface area contributed by atoms with E-state index in [1.165, 1.54) is 30.7 Å². The molecule has 0 unspecified atom stereocenters. The molecule has 0 amide bonds. The Balaban J connectivity index is 1.65. The van der Waals surface area contributed by atoms with Gasteiger partial charge in [0.05, 0.1) is 23.1 Å². The molecule has 3 aromatic heterocycles. The Morgan fingerprint density at radius 3 is 3.24 bits per heavy atom. The number of aryl methyl sites for hydroxylation is 1. The molecule has 0 aromatic carbocycles. The number of piperidine rings is 1. The summed E-state index contributed by atoms with van der Waals surface area (Å²) in [6.45, 7) is 4.21. The van der Waals surface area contributed by atoms with Crippen molar-refractivity contribution in [3.8, 4) is 0 Å². The van der Waals surface area contributed by atoms with Gasteiger partial charge in [0.25, 0.3) is 0 Å². The van der Waals surface area contributed by atoms with Crippen molar-refractivity contribution in [2.45, 2.75) is 38.8 Å². The molecule has 0 radical (unpaired) electrons. The predicted octanol–water partition coefficient (Wildman–Crippen LogP) is 3.15. The van der Waals surface area contributed by atoms with E-state index in [-0.39, 0.29) is 0 Å². The van der Waals surface area contributed by atoms with Gasteiger partial charge in [-0.15, -0.1) is 11.3 Å². The third-order valence-electron chi connectivity index (χ3n) is 4.41. The summed E-state index contributed by atoms with van der Waals surface area (Å²) in [4.78, 5) is 8.32. The topological polar surface area (TPSA) is 49.2 Å². The summed E-state index contributed by atoms with van der Waals surface area (Å²) >= 11 is 1.70. The smallest absolute Gasteiger partial charge is 0.194 e. The summed E-state index contributed by atoms with van der Waals surface area (Å²) in [7, 11) is 0. The number of aromatic amines is 1. The zero-order valence-corrected chi connectivity index (χ0v) is 12.9. The van der Waals surface area contributed by atoms with Crippen LogP contribution in [0.3, 0.4) is 0 Å². The number of thiazole rings is 1. The van der Waals surface area contributed by atoms with E-state index in [0.29, 0.717) is 6.04 Å². The fourth-order valence-corrected chi connectivity index (χ4v) is 4.09. The van der Waals surface area contributed by atoms with E-state index in [1.54, 1.807) is 11.3 Å². The Morgan fingerprint density at radius 1 is 1.43 bits per heavy atom. The van der Waals surface area contributed by atoms with E-state index in [0.717, 1.165) is 23.7 Å². The van der Waals surface area contributed by atoms with Crippen molar-refractivity contribution >= 4 is 16.3 Å². The van der Waals surface area contributed by atoms with E-state index in [4.69, 9.17) is 0 Å². The third-order valence-corrected chi connectivity index (χ3v) is 5.17. The van der Waals surface area contributed by atoms with Crippen molar-refractivity contribution in [3.63, 3.8) is 0 Å². The predicted molar refractivity (Wildman–Crippen MR) is 83.4 cm³/mol. The number of hydrogen-bond acceptors (Lipinski definition) is 4. The molecule has 3 aromatic rings. The third kappa shape index (κ3) is 2.28. The van der Waals surface area contributed by atoms with Gasteiger partial charge in [-0.2, -0.15) is 5.10 Å². The van der Waals surface area contributed by atoms with Gasteiger partial charge < -0.3 is 0 Å². The number of hydrogen-bond donors (Lipinski definition) is 1. The number of aromatic nitrogens is 4. The summed E-state index contributed by atoms with van der Waals surface area (Å²) in [5, 5.41) is 9.38. The van der Waals surface area contributed by atoms with Crippen LogP contribution in [0.25, 0.3) is 4.96 Å². The number of fused-ring (bicyclic) bond motifs is 1. The highest BCUT2D eigenvalue weighted by molar-refractivity contribution is 7.15. The quantitative estimate of drug-likeness (QED) is 0.808.